The smallest absolute Gasteiger partial charge is 0.341 e. The number of aromatic nitrogens is 3. The highest BCUT2D eigenvalue weighted by atomic mass is 16.4. The Morgan fingerprint density at radius 2 is 1.81 bits per heavy atom. The number of aromatic carboxylic acids is 1. The third kappa shape index (κ3) is 5.11. The van der Waals surface area contributed by atoms with Gasteiger partial charge in [-0.2, -0.15) is 0 Å². The Labute approximate surface area is 210 Å². The molecule has 0 spiro atoms. The van der Waals surface area contributed by atoms with Gasteiger partial charge in [0.05, 0.1) is 12.3 Å². The normalized spacial score (nSPS) is 17.8. The SMILES string of the molecule is CC1CCC(C(=O)N(c2nn(-c3ccc(-c4cnc(N)c(CO)c4)cc3)cc2C(=O)O)C(C)C)CC1. The maximum Gasteiger partial charge on any atom is 0.341 e. The minimum atomic E-state index is -1.13. The van der Waals surface area contributed by atoms with Crippen LogP contribution < -0.4 is 10.6 Å². The second-order valence-corrected chi connectivity index (χ2v) is 9.85. The van der Waals surface area contributed by atoms with Gasteiger partial charge < -0.3 is 15.9 Å². The Balaban J connectivity index is 1.66. The van der Waals surface area contributed by atoms with Crippen molar-refractivity contribution in [3.05, 3.63) is 53.9 Å². The molecule has 1 aromatic carbocycles. The van der Waals surface area contributed by atoms with E-state index in [9.17, 15) is 19.8 Å². The number of hydrogen-bond acceptors (Lipinski definition) is 6. The first-order valence-electron chi connectivity index (χ1n) is 12.3. The molecule has 4 N–H and O–H groups in total. The lowest BCUT2D eigenvalue weighted by Crippen LogP contribution is -2.43. The van der Waals surface area contributed by atoms with Crippen molar-refractivity contribution in [3.8, 4) is 16.8 Å². The van der Waals surface area contributed by atoms with Crippen LogP contribution in [0.2, 0.25) is 0 Å². The van der Waals surface area contributed by atoms with E-state index in [1.807, 2.05) is 38.1 Å². The van der Waals surface area contributed by atoms with Crippen LogP contribution in [0.3, 0.4) is 0 Å². The van der Waals surface area contributed by atoms with Gasteiger partial charge >= 0.3 is 5.97 Å². The van der Waals surface area contributed by atoms with E-state index in [4.69, 9.17) is 5.73 Å². The highest BCUT2D eigenvalue weighted by Crippen LogP contribution is 2.33. The number of pyridine rings is 1. The summed E-state index contributed by atoms with van der Waals surface area (Å²) in [4.78, 5) is 31.3. The Morgan fingerprint density at radius 3 is 2.39 bits per heavy atom. The summed E-state index contributed by atoms with van der Waals surface area (Å²) >= 11 is 0. The molecule has 9 nitrogen and oxygen atoms in total. The summed E-state index contributed by atoms with van der Waals surface area (Å²) in [5.74, 6) is -0.246. The van der Waals surface area contributed by atoms with Crippen LogP contribution in [0.25, 0.3) is 16.8 Å². The number of nitrogens with zero attached hydrogens (tertiary/aromatic N) is 4. The second-order valence-electron chi connectivity index (χ2n) is 9.85. The molecule has 1 aliphatic carbocycles. The third-order valence-electron chi connectivity index (χ3n) is 6.91. The summed E-state index contributed by atoms with van der Waals surface area (Å²) in [5.41, 5.74) is 8.62. The van der Waals surface area contributed by atoms with E-state index in [0.717, 1.165) is 36.8 Å². The number of carbonyl (C=O) groups excluding carboxylic acids is 1. The predicted octanol–water partition coefficient (Wildman–Crippen LogP) is 4.27. The number of amides is 1. The van der Waals surface area contributed by atoms with Gasteiger partial charge in [-0.15, -0.1) is 5.10 Å². The first-order valence-corrected chi connectivity index (χ1v) is 12.3. The molecule has 3 aromatic rings. The largest absolute Gasteiger partial charge is 0.477 e. The van der Waals surface area contributed by atoms with Crippen molar-refractivity contribution >= 4 is 23.5 Å². The lowest BCUT2D eigenvalue weighted by Gasteiger charge is -2.32. The molecule has 4 rings (SSSR count). The topological polar surface area (TPSA) is 135 Å². The maximum absolute atomic E-state index is 13.5. The highest BCUT2D eigenvalue weighted by Gasteiger charge is 2.34. The van der Waals surface area contributed by atoms with E-state index >= 15 is 0 Å². The van der Waals surface area contributed by atoms with E-state index in [0.29, 0.717) is 17.2 Å². The minimum Gasteiger partial charge on any atom is -0.477 e. The fraction of sp³-hybridized carbons (Fsp3) is 0.407. The van der Waals surface area contributed by atoms with Gasteiger partial charge in [-0.1, -0.05) is 19.1 Å². The van der Waals surface area contributed by atoms with E-state index in [2.05, 4.69) is 17.0 Å². The van der Waals surface area contributed by atoms with Gasteiger partial charge in [0, 0.05) is 35.5 Å². The first-order chi connectivity index (χ1) is 17.2. The number of anilines is 2. The first kappa shape index (κ1) is 25.4. The van der Waals surface area contributed by atoms with Gasteiger partial charge in [0.1, 0.15) is 11.4 Å². The highest BCUT2D eigenvalue weighted by molar-refractivity contribution is 6.01. The zero-order chi connectivity index (χ0) is 26.0. The number of nitrogen functional groups attached to an aromatic ring is 1. The lowest BCUT2D eigenvalue weighted by molar-refractivity contribution is -0.124. The molecule has 0 atom stereocenters. The summed E-state index contributed by atoms with van der Waals surface area (Å²) in [6.45, 7) is 5.75. The van der Waals surface area contributed by atoms with E-state index in [-0.39, 0.29) is 41.7 Å². The second kappa shape index (κ2) is 10.5. The molecule has 1 amide bonds. The Hall–Kier alpha value is -3.72. The summed E-state index contributed by atoms with van der Waals surface area (Å²) < 4.78 is 1.49. The van der Waals surface area contributed by atoms with Crippen molar-refractivity contribution in [2.24, 2.45) is 11.8 Å². The van der Waals surface area contributed by atoms with Crippen LogP contribution in [0, 0.1) is 11.8 Å². The van der Waals surface area contributed by atoms with Gasteiger partial charge in [-0.25, -0.2) is 14.5 Å². The van der Waals surface area contributed by atoms with Crippen LogP contribution in [0.15, 0.2) is 42.7 Å². The number of carbonyl (C=O) groups is 2. The zero-order valence-corrected chi connectivity index (χ0v) is 20.9. The van der Waals surface area contributed by atoms with Crippen LogP contribution >= 0.6 is 0 Å². The number of nitrogens with two attached hydrogens (primary N) is 1. The molecule has 36 heavy (non-hydrogen) atoms. The molecule has 2 aromatic heterocycles. The predicted molar refractivity (Wildman–Crippen MR) is 138 cm³/mol. The molecule has 190 valence electrons. The number of aliphatic hydroxyl groups excluding tert-OH is 1. The lowest BCUT2D eigenvalue weighted by atomic mass is 9.82. The molecule has 0 aliphatic heterocycles. The van der Waals surface area contributed by atoms with E-state index in [1.54, 1.807) is 17.2 Å². The monoisotopic (exact) mass is 491 g/mol. The fourth-order valence-electron chi connectivity index (χ4n) is 4.75. The number of benzene rings is 1. The molecular weight excluding hydrogens is 458 g/mol. The van der Waals surface area contributed by atoms with Crippen LogP contribution in [-0.4, -0.2) is 42.9 Å². The van der Waals surface area contributed by atoms with Crippen LogP contribution in [0.4, 0.5) is 11.6 Å². The van der Waals surface area contributed by atoms with Gasteiger partial charge in [-0.3, -0.25) is 9.69 Å². The summed E-state index contributed by atoms with van der Waals surface area (Å²) in [7, 11) is 0. The van der Waals surface area contributed by atoms with Gasteiger partial charge in [-0.05, 0) is 69.2 Å². The number of aliphatic hydroxyl groups is 1. The number of hydrogen-bond donors (Lipinski definition) is 3. The average Bonchev–Trinajstić information content (AvgIpc) is 3.30. The molecular formula is C27H33N5O4. The molecule has 0 bridgehead atoms. The average molecular weight is 492 g/mol. The standard InChI is InChI=1S/C27H33N5O4/c1-16(2)32(26(34)19-6-4-17(3)5-7-19)25-23(27(35)36)14-31(30-25)22-10-8-18(9-11-22)20-12-21(15-33)24(28)29-13-20/h8-14,16-17,19,33H,4-7,15H2,1-3H3,(H2,28,29)(H,35,36). The minimum absolute atomic E-state index is 0.0133. The molecule has 0 radical (unpaired) electrons. The quantitative estimate of drug-likeness (QED) is 0.449. The summed E-state index contributed by atoms with van der Waals surface area (Å²) in [5, 5.41) is 24.0. The molecule has 0 unspecified atom stereocenters. The third-order valence-corrected chi connectivity index (χ3v) is 6.91. The van der Waals surface area contributed by atoms with E-state index < -0.39 is 5.97 Å². The molecule has 1 aliphatic rings. The van der Waals surface area contributed by atoms with Gasteiger partial charge in [0.2, 0.25) is 5.91 Å². The number of rotatable bonds is 7. The van der Waals surface area contributed by atoms with Crippen molar-refractivity contribution in [1.29, 1.82) is 0 Å². The van der Waals surface area contributed by atoms with Crippen LogP contribution in [0.5, 0.6) is 0 Å². The molecule has 9 heteroatoms. The number of carboxylic acid groups (broad SMARTS) is 1. The van der Waals surface area contributed by atoms with Crippen molar-refractivity contribution < 1.29 is 19.8 Å². The van der Waals surface area contributed by atoms with Gasteiger partial charge in [0.15, 0.2) is 5.82 Å². The van der Waals surface area contributed by atoms with Crippen LogP contribution in [-0.2, 0) is 11.4 Å². The van der Waals surface area contributed by atoms with Crippen molar-refractivity contribution in [1.82, 2.24) is 14.8 Å². The Bertz CT molecular complexity index is 1240. The van der Waals surface area contributed by atoms with E-state index in [1.165, 1.54) is 10.9 Å². The Morgan fingerprint density at radius 1 is 1.14 bits per heavy atom. The summed E-state index contributed by atoms with van der Waals surface area (Å²) in [6, 6.07) is 8.90. The van der Waals surface area contributed by atoms with Crippen molar-refractivity contribution in [3.63, 3.8) is 0 Å². The number of carboxylic acids is 1. The Kier molecular flexibility index (Phi) is 7.40. The van der Waals surface area contributed by atoms with Crippen molar-refractivity contribution in [2.75, 3.05) is 10.6 Å². The molecule has 1 saturated carbocycles. The van der Waals surface area contributed by atoms with Crippen molar-refractivity contribution in [2.45, 2.75) is 59.1 Å². The van der Waals surface area contributed by atoms with Crippen LogP contribution in [0.1, 0.15) is 62.4 Å². The fourth-order valence-corrected chi connectivity index (χ4v) is 4.75. The molecule has 2 heterocycles. The molecule has 1 fully saturated rings. The molecule has 0 saturated heterocycles. The maximum atomic E-state index is 13.5. The van der Waals surface area contributed by atoms with Gasteiger partial charge in [0.25, 0.3) is 0 Å². The zero-order valence-electron chi connectivity index (χ0n) is 20.9. The summed E-state index contributed by atoms with van der Waals surface area (Å²) in [6.07, 6.45) is 6.71.